The Morgan fingerprint density at radius 2 is 1.73 bits per heavy atom. The monoisotopic (exact) mass is 300 g/mol. The molecule has 0 amide bonds. The number of methoxy groups -OCH3 is 1. The molecule has 0 bridgehead atoms. The molecule has 0 saturated heterocycles. The van der Waals surface area contributed by atoms with Crippen molar-refractivity contribution in [1.82, 2.24) is 0 Å². The van der Waals surface area contributed by atoms with Crippen LogP contribution in [0.5, 0.6) is 0 Å². The molecule has 0 aliphatic carbocycles. The molecule has 3 nitrogen and oxygen atoms in total. The second-order valence-corrected chi connectivity index (χ2v) is 5.12. The lowest BCUT2D eigenvalue weighted by atomic mass is 9.96. The number of carbonyl (C=O) groups is 2. The SMILES string of the molecule is COC(=O)[C@H](C)c1ccc(-c2ccc(C(C)=O)cc2)c(F)c1. The number of benzene rings is 2. The van der Waals surface area contributed by atoms with Gasteiger partial charge in [-0.2, -0.15) is 0 Å². The van der Waals surface area contributed by atoms with Crippen molar-refractivity contribution < 1.29 is 18.7 Å². The standard InChI is InChI=1S/C18H17FO3/c1-11(18(21)22-3)15-8-9-16(17(19)10-15)14-6-4-13(5-7-14)12(2)20/h4-11H,1-3H3/t11-/m1/s1. The molecule has 0 aromatic heterocycles. The predicted octanol–water partition coefficient (Wildman–Crippen LogP) is 3.97. The molecule has 0 spiro atoms. The van der Waals surface area contributed by atoms with E-state index in [-0.39, 0.29) is 5.78 Å². The molecule has 114 valence electrons. The fourth-order valence-electron chi connectivity index (χ4n) is 2.23. The van der Waals surface area contributed by atoms with Gasteiger partial charge in [-0.25, -0.2) is 4.39 Å². The van der Waals surface area contributed by atoms with E-state index in [1.807, 2.05) is 0 Å². The van der Waals surface area contributed by atoms with E-state index in [9.17, 15) is 14.0 Å². The van der Waals surface area contributed by atoms with Crippen LogP contribution in [-0.2, 0) is 9.53 Å². The van der Waals surface area contributed by atoms with Crippen molar-refractivity contribution in [2.45, 2.75) is 19.8 Å². The second-order valence-electron chi connectivity index (χ2n) is 5.12. The van der Waals surface area contributed by atoms with E-state index in [0.717, 1.165) is 0 Å². The summed E-state index contributed by atoms with van der Waals surface area (Å²) in [5.74, 6) is -1.37. The predicted molar refractivity (Wildman–Crippen MR) is 82.3 cm³/mol. The molecule has 0 aliphatic rings. The highest BCUT2D eigenvalue weighted by Crippen LogP contribution is 2.27. The Labute approximate surface area is 128 Å². The van der Waals surface area contributed by atoms with Gasteiger partial charge in [0.1, 0.15) is 5.82 Å². The molecule has 4 heteroatoms. The summed E-state index contributed by atoms with van der Waals surface area (Å²) in [6.07, 6.45) is 0. The number of halogens is 1. The second kappa shape index (κ2) is 6.52. The number of hydrogen-bond acceptors (Lipinski definition) is 3. The summed E-state index contributed by atoms with van der Waals surface area (Å²) in [6.45, 7) is 3.15. The van der Waals surface area contributed by atoms with E-state index in [1.54, 1.807) is 43.3 Å². The van der Waals surface area contributed by atoms with Crippen LogP contribution in [0.1, 0.15) is 35.7 Å². The first-order chi connectivity index (χ1) is 10.4. The van der Waals surface area contributed by atoms with Crippen LogP contribution in [-0.4, -0.2) is 18.9 Å². The minimum Gasteiger partial charge on any atom is -0.469 e. The molecule has 0 saturated carbocycles. The quantitative estimate of drug-likeness (QED) is 0.634. The Balaban J connectivity index is 2.33. The number of ketones is 1. The van der Waals surface area contributed by atoms with Gasteiger partial charge in [0.05, 0.1) is 13.0 Å². The zero-order valence-electron chi connectivity index (χ0n) is 12.7. The van der Waals surface area contributed by atoms with Gasteiger partial charge in [0, 0.05) is 11.1 Å². The molecular weight excluding hydrogens is 283 g/mol. The molecule has 0 fully saturated rings. The van der Waals surface area contributed by atoms with Gasteiger partial charge in [0.15, 0.2) is 5.78 Å². The Kier molecular flexibility index (Phi) is 4.71. The summed E-state index contributed by atoms with van der Waals surface area (Å²) in [4.78, 5) is 22.8. The van der Waals surface area contributed by atoms with Crippen LogP contribution in [0.15, 0.2) is 42.5 Å². The zero-order chi connectivity index (χ0) is 16.3. The van der Waals surface area contributed by atoms with Gasteiger partial charge in [0.2, 0.25) is 0 Å². The van der Waals surface area contributed by atoms with Crippen molar-refractivity contribution in [3.63, 3.8) is 0 Å². The van der Waals surface area contributed by atoms with Crippen LogP contribution >= 0.6 is 0 Å². The average Bonchev–Trinajstić information content (AvgIpc) is 2.53. The largest absolute Gasteiger partial charge is 0.469 e. The van der Waals surface area contributed by atoms with Crippen LogP contribution < -0.4 is 0 Å². The maximum Gasteiger partial charge on any atom is 0.312 e. The highest BCUT2D eigenvalue weighted by molar-refractivity contribution is 5.94. The summed E-state index contributed by atoms with van der Waals surface area (Å²) in [6, 6.07) is 11.4. The van der Waals surface area contributed by atoms with E-state index >= 15 is 0 Å². The molecule has 0 radical (unpaired) electrons. The fourth-order valence-corrected chi connectivity index (χ4v) is 2.23. The highest BCUT2D eigenvalue weighted by atomic mass is 19.1. The first kappa shape index (κ1) is 15.9. The van der Waals surface area contributed by atoms with Gasteiger partial charge < -0.3 is 4.74 Å². The molecule has 2 aromatic carbocycles. The lowest BCUT2D eigenvalue weighted by molar-refractivity contribution is -0.141. The average molecular weight is 300 g/mol. The van der Waals surface area contributed by atoms with Gasteiger partial charge in [-0.1, -0.05) is 36.4 Å². The number of ether oxygens (including phenoxy) is 1. The third kappa shape index (κ3) is 3.22. The first-order valence-electron chi connectivity index (χ1n) is 6.92. The van der Waals surface area contributed by atoms with Crippen LogP contribution in [0.4, 0.5) is 4.39 Å². The first-order valence-corrected chi connectivity index (χ1v) is 6.92. The lowest BCUT2D eigenvalue weighted by Gasteiger charge is -2.11. The summed E-state index contributed by atoms with van der Waals surface area (Å²) in [5, 5.41) is 0. The molecule has 0 unspecified atom stereocenters. The molecule has 2 rings (SSSR count). The van der Waals surface area contributed by atoms with E-state index in [1.165, 1.54) is 20.1 Å². The summed E-state index contributed by atoms with van der Waals surface area (Å²) < 4.78 is 19.0. The van der Waals surface area contributed by atoms with E-state index in [0.29, 0.717) is 22.3 Å². The number of esters is 1. The van der Waals surface area contributed by atoms with Crippen molar-refractivity contribution in [2.75, 3.05) is 7.11 Å². The van der Waals surface area contributed by atoms with Gasteiger partial charge in [-0.05, 0) is 31.0 Å². The number of hydrogen-bond donors (Lipinski definition) is 0. The number of rotatable bonds is 4. The van der Waals surface area contributed by atoms with Crippen LogP contribution in [0.25, 0.3) is 11.1 Å². The normalized spacial score (nSPS) is 11.8. The molecular formula is C18H17FO3. The maximum atomic E-state index is 14.3. The summed E-state index contributed by atoms with van der Waals surface area (Å²) in [5.41, 5.74) is 2.25. The van der Waals surface area contributed by atoms with Gasteiger partial charge in [-0.15, -0.1) is 0 Å². The maximum absolute atomic E-state index is 14.3. The van der Waals surface area contributed by atoms with Gasteiger partial charge >= 0.3 is 5.97 Å². The molecule has 0 N–H and O–H groups in total. The van der Waals surface area contributed by atoms with Crippen molar-refractivity contribution in [2.24, 2.45) is 0 Å². The van der Waals surface area contributed by atoms with E-state index < -0.39 is 17.7 Å². The summed E-state index contributed by atoms with van der Waals surface area (Å²) >= 11 is 0. The highest BCUT2D eigenvalue weighted by Gasteiger charge is 2.17. The summed E-state index contributed by atoms with van der Waals surface area (Å²) in [7, 11) is 1.31. The Bertz CT molecular complexity index is 705. The van der Waals surface area contributed by atoms with Crippen molar-refractivity contribution in [1.29, 1.82) is 0 Å². The molecule has 22 heavy (non-hydrogen) atoms. The minimum absolute atomic E-state index is 0.0331. The van der Waals surface area contributed by atoms with Crippen LogP contribution in [0.3, 0.4) is 0 Å². The van der Waals surface area contributed by atoms with Gasteiger partial charge in [-0.3, -0.25) is 9.59 Å². The zero-order valence-corrected chi connectivity index (χ0v) is 12.7. The third-order valence-corrected chi connectivity index (χ3v) is 3.65. The smallest absolute Gasteiger partial charge is 0.312 e. The molecule has 0 aliphatic heterocycles. The molecule has 2 aromatic rings. The van der Waals surface area contributed by atoms with Crippen LogP contribution in [0, 0.1) is 5.82 Å². The third-order valence-electron chi connectivity index (χ3n) is 3.65. The number of Topliss-reactive ketones (excluding diaryl/α,β-unsaturated/α-hetero) is 1. The molecule has 1 atom stereocenters. The number of carbonyl (C=O) groups excluding carboxylic acids is 2. The van der Waals surface area contributed by atoms with Crippen LogP contribution in [0.2, 0.25) is 0 Å². The van der Waals surface area contributed by atoms with Crippen molar-refractivity contribution >= 4 is 11.8 Å². The Morgan fingerprint density at radius 3 is 2.23 bits per heavy atom. The van der Waals surface area contributed by atoms with E-state index in [2.05, 4.69) is 4.74 Å². The fraction of sp³-hybridized carbons (Fsp3) is 0.222. The van der Waals surface area contributed by atoms with E-state index in [4.69, 9.17) is 0 Å². The minimum atomic E-state index is -0.520. The topological polar surface area (TPSA) is 43.4 Å². The Morgan fingerprint density at radius 1 is 1.09 bits per heavy atom. The van der Waals surface area contributed by atoms with Crippen molar-refractivity contribution in [3.05, 3.63) is 59.4 Å². The Hall–Kier alpha value is -2.49. The van der Waals surface area contributed by atoms with Crippen molar-refractivity contribution in [3.8, 4) is 11.1 Å². The molecule has 0 heterocycles. The van der Waals surface area contributed by atoms with Gasteiger partial charge in [0.25, 0.3) is 0 Å². The lowest BCUT2D eigenvalue weighted by Crippen LogP contribution is -2.11.